The SMILES string of the molecule is CCCCCCCCCCCCCC(=O)NC(CCCCN)C(=O)OCC.Cl. The largest absolute Gasteiger partial charge is 0.464 e. The molecule has 0 radical (unpaired) electrons. The number of carbonyl (C=O) groups is 2. The zero-order valence-corrected chi connectivity index (χ0v) is 19.1. The van der Waals surface area contributed by atoms with Crippen molar-refractivity contribution in [3.63, 3.8) is 0 Å². The highest BCUT2D eigenvalue weighted by atomic mass is 35.5. The molecule has 168 valence electrons. The number of ether oxygens (including phenoxy) is 1. The van der Waals surface area contributed by atoms with Crippen molar-refractivity contribution in [3.05, 3.63) is 0 Å². The van der Waals surface area contributed by atoms with Crippen LogP contribution in [-0.2, 0) is 14.3 Å². The Hall–Kier alpha value is -0.810. The topological polar surface area (TPSA) is 81.4 Å². The maximum atomic E-state index is 12.1. The van der Waals surface area contributed by atoms with E-state index in [0.29, 0.717) is 26.0 Å². The molecule has 0 bridgehead atoms. The molecule has 3 N–H and O–H groups in total. The lowest BCUT2D eigenvalue weighted by molar-refractivity contribution is -0.147. The van der Waals surface area contributed by atoms with E-state index >= 15 is 0 Å². The Morgan fingerprint density at radius 1 is 0.821 bits per heavy atom. The van der Waals surface area contributed by atoms with Crippen molar-refractivity contribution in [1.29, 1.82) is 0 Å². The van der Waals surface area contributed by atoms with Gasteiger partial charge in [-0.1, -0.05) is 71.1 Å². The summed E-state index contributed by atoms with van der Waals surface area (Å²) in [5.41, 5.74) is 5.50. The van der Waals surface area contributed by atoms with Crippen LogP contribution in [-0.4, -0.2) is 31.1 Å². The molecule has 1 unspecified atom stereocenters. The van der Waals surface area contributed by atoms with Gasteiger partial charge in [-0.2, -0.15) is 0 Å². The molecule has 0 saturated heterocycles. The number of unbranched alkanes of at least 4 members (excludes halogenated alkanes) is 11. The summed E-state index contributed by atoms with van der Waals surface area (Å²) in [4.78, 5) is 24.1. The van der Waals surface area contributed by atoms with Crippen LogP contribution in [0.4, 0.5) is 0 Å². The Balaban J connectivity index is 0. The summed E-state index contributed by atoms with van der Waals surface area (Å²) in [6.45, 7) is 4.96. The predicted molar refractivity (Wildman–Crippen MR) is 120 cm³/mol. The molecule has 6 heteroatoms. The van der Waals surface area contributed by atoms with Gasteiger partial charge in [0.2, 0.25) is 5.91 Å². The average molecular weight is 421 g/mol. The lowest BCUT2D eigenvalue weighted by Gasteiger charge is -2.17. The van der Waals surface area contributed by atoms with Crippen molar-refractivity contribution in [1.82, 2.24) is 5.32 Å². The minimum absolute atomic E-state index is 0. The first kappa shape index (κ1) is 29.4. The monoisotopic (exact) mass is 420 g/mol. The standard InChI is InChI=1S/C22H44N2O3.ClH/c1-3-5-6-7-8-9-10-11-12-13-14-18-21(25)24-20(17-15-16-19-23)22(26)27-4-2;/h20H,3-19,23H2,1-2H3,(H,24,25);1H. The van der Waals surface area contributed by atoms with E-state index in [9.17, 15) is 9.59 Å². The van der Waals surface area contributed by atoms with E-state index in [2.05, 4.69) is 12.2 Å². The Kier molecular flexibility index (Phi) is 23.6. The number of carbonyl (C=O) groups excluding carboxylic acids is 2. The first-order chi connectivity index (χ1) is 13.2. The Morgan fingerprint density at radius 2 is 1.36 bits per heavy atom. The highest BCUT2D eigenvalue weighted by Crippen LogP contribution is 2.12. The highest BCUT2D eigenvalue weighted by molar-refractivity contribution is 5.85. The summed E-state index contributed by atoms with van der Waals surface area (Å²) in [6.07, 6.45) is 16.6. The summed E-state index contributed by atoms with van der Waals surface area (Å²) in [6, 6.07) is -0.531. The van der Waals surface area contributed by atoms with Crippen LogP contribution in [0.3, 0.4) is 0 Å². The number of amides is 1. The molecule has 1 atom stereocenters. The molecule has 5 nitrogen and oxygen atoms in total. The molecule has 0 aromatic heterocycles. The van der Waals surface area contributed by atoms with Crippen LogP contribution in [0, 0.1) is 0 Å². The fraction of sp³-hybridized carbons (Fsp3) is 0.909. The molecule has 0 aliphatic rings. The first-order valence-corrected chi connectivity index (χ1v) is 11.3. The molecule has 0 fully saturated rings. The molecular formula is C22H45ClN2O3. The van der Waals surface area contributed by atoms with E-state index < -0.39 is 6.04 Å². The maximum Gasteiger partial charge on any atom is 0.328 e. The summed E-state index contributed by atoms with van der Waals surface area (Å²) in [7, 11) is 0. The van der Waals surface area contributed by atoms with Crippen LogP contribution in [0.1, 0.15) is 110 Å². The van der Waals surface area contributed by atoms with Gasteiger partial charge in [-0.15, -0.1) is 12.4 Å². The number of nitrogens with two attached hydrogens (primary N) is 1. The Morgan fingerprint density at radius 3 is 1.86 bits per heavy atom. The third kappa shape index (κ3) is 18.5. The summed E-state index contributed by atoms with van der Waals surface area (Å²) >= 11 is 0. The Bertz CT molecular complexity index is 368. The lowest BCUT2D eigenvalue weighted by atomic mass is 10.0. The fourth-order valence-electron chi connectivity index (χ4n) is 3.20. The minimum Gasteiger partial charge on any atom is -0.464 e. The van der Waals surface area contributed by atoms with Gasteiger partial charge in [-0.3, -0.25) is 4.79 Å². The molecule has 0 saturated carbocycles. The van der Waals surface area contributed by atoms with Crippen molar-refractivity contribution in [2.75, 3.05) is 13.2 Å². The van der Waals surface area contributed by atoms with E-state index in [1.807, 2.05) is 0 Å². The molecule has 0 aliphatic carbocycles. The van der Waals surface area contributed by atoms with Crippen LogP contribution in [0.25, 0.3) is 0 Å². The van der Waals surface area contributed by atoms with Crippen LogP contribution < -0.4 is 11.1 Å². The van der Waals surface area contributed by atoms with Crippen LogP contribution in [0.2, 0.25) is 0 Å². The molecule has 0 aromatic carbocycles. The van der Waals surface area contributed by atoms with E-state index in [1.165, 1.54) is 57.8 Å². The van der Waals surface area contributed by atoms with Gasteiger partial charge in [0.25, 0.3) is 0 Å². The van der Waals surface area contributed by atoms with Crippen molar-refractivity contribution in [2.24, 2.45) is 5.73 Å². The van der Waals surface area contributed by atoms with Gasteiger partial charge in [-0.05, 0) is 39.2 Å². The van der Waals surface area contributed by atoms with Gasteiger partial charge in [0.05, 0.1) is 6.61 Å². The van der Waals surface area contributed by atoms with Crippen molar-refractivity contribution < 1.29 is 14.3 Å². The Labute approximate surface area is 179 Å². The molecule has 28 heavy (non-hydrogen) atoms. The van der Waals surface area contributed by atoms with E-state index in [-0.39, 0.29) is 24.3 Å². The number of esters is 1. The van der Waals surface area contributed by atoms with Gasteiger partial charge < -0.3 is 15.8 Å². The molecule has 0 rings (SSSR count). The number of rotatable bonds is 19. The van der Waals surface area contributed by atoms with Crippen molar-refractivity contribution in [2.45, 2.75) is 116 Å². The second-order valence-corrected chi connectivity index (χ2v) is 7.44. The van der Waals surface area contributed by atoms with Gasteiger partial charge in [0, 0.05) is 6.42 Å². The number of hydrogen-bond donors (Lipinski definition) is 2. The third-order valence-corrected chi connectivity index (χ3v) is 4.86. The normalized spacial score (nSPS) is 11.5. The highest BCUT2D eigenvalue weighted by Gasteiger charge is 2.21. The minimum atomic E-state index is -0.531. The second kappa shape index (κ2) is 22.5. The van der Waals surface area contributed by atoms with Gasteiger partial charge in [0.15, 0.2) is 0 Å². The fourth-order valence-corrected chi connectivity index (χ4v) is 3.20. The third-order valence-electron chi connectivity index (χ3n) is 4.86. The molecule has 0 heterocycles. The van der Waals surface area contributed by atoms with Crippen LogP contribution >= 0.6 is 12.4 Å². The van der Waals surface area contributed by atoms with E-state index in [4.69, 9.17) is 10.5 Å². The molecule has 0 aliphatic heterocycles. The average Bonchev–Trinajstić information content (AvgIpc) is 2.65. The van der Waals surface area contributed by atoms with Crippen molar-refractivity contribution in [3.8, 4) is 0 Å². The zero-order chi connectivity index (χ0) is 20.2. The number of halogens is 1. The van der Waals surface area contributed by atoms with Gasteiger partial charge in [-0.25, -0.2) is 4.79 Å². The van der Waals surface area contributed by atoms with Crippen LogP contribution in [0.15, 0.2) is 0 Å². The molecular weight excluding hydrogens is 376 g/mol. The van der Waals surface area contributed by atoms with Gasteiger partial charge >= 0.3 is 5.97 Å². The number of hydrogen-bond acceptors (Lipinski definition) is 4. The quantitative estimate of drug-likeness (QED) is 0.220. The summed E-state index contributed by atoms with van der Waals surface area (Å²) < 4.78 is 5.06. The smallest absolute Gasteiger partial charge is 0.328 e. The maximum absolute atomic E-state index is 12.1. The molecule has 1 amide bonds. The lowest BCUT2D eigenvalue weighted by Crippen LogP contribution is -2.41. The summed E-state index contributed by atoms with van der Waals surface area (Å²) in [5.74, 6) is -0.376. The van der Waals surface area contributed by atoms with Gasteiger partial charge in [0.1, 0.15) is 6.04 Å². The first-order valence-electron chi connectivity index (χ1n) is 11.3. The predicted octanol–water partition coefficient (Wildman–Crippen LogP) is 5.29. The van der Waals surface area contributed by atoms with E-state index in [1.54, 1.807) is 6.92 Å². The van der Waals surface area contributed by atoms with E-state index in [0.717, 1.165) is 25.7 Å². The second-order valence-electron chi connectivity index (χ2n) is 7.44. The molecule has 0 aromatic rings. The van der Waals surface area contributed by atoms with Crippen molar-refractivity contribution >= 4 is 24.3 Å². The zero-order valence-electron chi connectivity index (χ0n) is 18.3. The molecule has 0 spiro atoms. The van der Waals surface area contributed by atoms with Crippen LogP contribution in [0.5, 0.6) is 0 Å². The summed E-state index contributed by atoms with van der Waals surface area (Å²) in [5, 5.41) is 2.84. The number of nitrogens with one attached hydrogen (secondary N) is 1.